The molecule has 0 unspecified atom stereocenters. The van der Waals surface area contributed by atoms with Gasteiger partial charge in [-0.3, -0.25) is 14.2 Å². The van der Waals surface area contributed by atoms with E-state index in [2.05, 4.69) is 74.7 Å². The van der Waals surface area contributed by atoms with Gasteiger partial charge in [-0.25, -0.2) is 51.1 Å². The van der Waals surface area contributed by atoms with E-state index in [1.54, 1.807) is 46.2 Å². The van der Waals surface area contributed by atoms with Crippen LogP contribution in [0.5, 0.6) is 0 Å². The van der Waals surface area contributed by atoms with Crippen LogP contribution in [0.25, 0.3) is 66.9 Å². The lowest BCUT2D eigenvalue weighted by Gasteiger charge is -2.20. The van der Waals surface area contributed by atoms with Crippen LogP contribution in [0.2, 0.25) is 51.4 Å². The van der Waals surface area contributed by atoms with Crippen molar-refractivity contribution in [3.63, 3.8) is 0 Å². The van der Waals surface area contributed by atoms with Crippen LogP contribution in [-0.2, 0) is 37.0 Å². The Bertz CT molecular complexity index is 3330. The van der Waals surface area contributed by atoms with E-state index in [4.69, 9.17) is 15.2 Å². The number of ether oxygens (including phenoxy) is 2. The molecular weight excluding hydrogens is 1020 g/mol. The lowest BCUT2D eigenvalue weighted by atomic mass is 10.1. The molecular formula is C50H64F6N12O5Si2. The summed E-state index contributed by atoms with van der Waals surface area (Å²) in [5.74, 6) is -8.37. The van der Waals surface area contributed by atoms with E-state index in [9.17, 15) is 41.0 Å². The van der Waals surface area contributed by atoms with Gasteiger partial charge in [-0.05, 0) is 62.3 Å². The molecule has 17 nitrogen and oxygen atoms in total. The average molecular weight is 1080 g/mol. The Hall–Kier alpha value is -6.55. The van der Waals surface area contributed by atoms with Crippen LogP contribution < -0.4 is 11.1 Å². The summed E-state index contributed by atoms with van der Waals surface area (Å²) in [6.45, 7) is 19.1. The third kappa shape index (κ3) is 14.4. The number of carboxylic acids is 1. The fourth-order valence-electron chi connectivity index (χ4n) is 7.17. The Kier molecular flexibility index (Phi) is 17.5. The Labute approximate surface area is 431 Å². The molecule has 2 aromatic carbocycles. The molecule has 0 saturated carbocycles. The molecule has 2 atom stereocenters. The molecule has 0 spiro atoms. The van der Waals surface area contributed by atoms with Crippen molar-refractivity contribution >= 4 is 72.2 Å². The third-order valence-corrected chi connectivity index (χ3v) is 15.5. The summed E-state index contributed by atoms with van der Waals surface area (Å²) in [6, 6.07) is 8.25. The van der Waals surface area contributed by atoms with Gasteiger partial charge in [0.1, 0.15) is 64.5 Å². The first-order valence-corrected chi connectivity index (χ1v) is 31.4. The van der Waals surface area contributed by atoms with Crippen molar-refractivity contribution in [2.45, 2.75) is 116 Å². The minimum absolute atomic E-state index is 0.0458. The maximum atomic E-state index is 13.8. The predicted octanol–water partition coefficient (Wildman–Crippen LogP) is 10.3. The number of nitrogens with two attached hydrogens (primary N) is 1. The van der Waals surface area contributed by atoms with Crippen molar-refractivity contribution in [2.24, 2.45) is 19.8 Å². The molecule has 0 bridgehead atoms. The van der Waals surface area contributed by atoms with Gasteiger partial charge in [0.15, 0.2) is 11.3 Å². The zero-order valence-electron chi connectivity index (χ0n) is 44.1. The van der Waals surface area contributed by atoms with Gasteiger partial charge < -0.3 is 34.8 Å². The summed E-state index contributed by atoms with van der Waals surface area (Å²) < 4.78 is 96.4. The smallest absolute Gasteiger partial charge is 0.339 e. The molecule has 0 aliphatic rings. The lowest BCUT2D eigenvalue weighted by Crippen LogP contribution is -2.43. The number of alkyl halides is 4. The number of halogens is 6. The van der Waals surface area contributed by atoms with Gasteiger partial charge in [0.05, 0.1) is 41.1 Å². The van der Waals surface area contributed by atoms with E-state index in [0.717, 1.165) is 25.9 Å². The van der Waals surface area contributed by atoms with Crippen LogP contribution in [0, 0.1) is 11.6 Å². The average Bonchev–Trinajstić information content (AvgIpc) is 4.05. The van der Waals surface area contributed by atoms with Crippen molar-refractivity contribution in [1.29, 1.82) is 0 Å². The number of aryl methyl sites for hydroxylation is 2. The van der Waals surface area contributed by atoms with Crippen molar-refractivity contribution in [3.8, 4) is 22.8 Å². The van der Waals surface area contributed by atoms with Crippen LogP contribution in [0.3, 0.4) is 0 Å². The van der Waals surface area contributed by atoms with Gasteiger partial charge in [0.2, 0.25) is 0 Å². The Morgan fingerprint density at radius 3 is 1.48 bits per heavy atom. The standard InChI is InChI=1S/C25H31F3N6O2Si.C21H24FN5O3Si.C4H9F2N/c1-15(25(2,27)28)30-24(35)18-13-34(14-36-9-10-37(4,5)6)23-22(18)31-19(12-29-23)21-17-8-7-16(26)11-20(17)33(3)32-21;1-26-17-9-13(22)5-6-14(17)18(25-26)16-10-23-20-19(24-16)15(21(28)29)11-27(20)12-30-7-8-31(2,3)4;1-3(7)4(2,5)6/h7-8,11-13,15H,9-10,14H2,1-6H3,(H,30,35);5-6,9-11H,7-8,12H2,1-4H3,(H,28,29);3H,7H2,1-2H3/t15-;;3-/m1.1/s1. The Morgan fingerprint density at radius 2 is 1.11 bits per heavy atom. The van der Waals surface area contributed by atoms with E-state index < -0.39 is 57.8 Å². The molecule has 75 heavy (non-hydrogen) atoms. The monoisotopic (exact) mass is 1080 g/mol. The summed E-state index contributed by atoms with van der Waals surface area (Å²) in [6.07, 6.45) is 6.09. The molecule has 0 aliphatic heterocycles. The van der Waals surface area contributed by atoms with Crippen LogP contribution in [0.1, 0.15) is 48.4 Å². The molecule has 6 heterocycles. The summed E-state index contributed by atoms with van der Waals surface area (Å²) in [4.78, 5) is 43.1. The van der Waals surface area contributed by atoms with E-state index in [0.29, 0.717) is 69.1 Å². The number of carbonyl (C=O) groups is 2. The second kappa shape index (κ2) is 22.7. The highest BCUT2D eigenvalue weighted by Gasteiger charge is 2.33. The molecule has 0 fully saturated rings. The number of aromatic carboxylic acids is 1. The summed E-state index contributed by atoms with van der Waals surface area (Å²) in [5, 5.41) is 22.3. The van der Waals surface area contributed by atoms with Crippen LogP contribution >= 0.6 is 0 Å². The number of amides is 1. The molecule has 1 amide bonds. The minimum Gasteiger partial charge on any atom is -0.478 e. The van der Waals surface area contributed by atoms with Crippen molar-refractivity contribution < 1.29 is 50.5 Å². The maximum Gasteiger partial charge on any atom is 0.339 e. The molecule has 0 aliphatic carbocycles. The minimum atomic E-state index is -3.10. The van der Waals surface area contributed by atoms with Crippen LogP contribution in [0.4, 0.5) is 26.3 Å². The highest BCUT2D eigenvalue weighted by atomic mass is 28.3. The predicted molar refractivity (Wildman–Crippen MR) is 281 cm³/mol. The van der Waals surface area contributed by atoms with E-state index in [-0.39, 0.29) is 41.4 Å². The molecule has 0 saturated heterocycles. The van der Waals surface area contributed by atoms with Crippen molar-refractivity contribution in [3.05, 3.63) is 83.9 Å². The molecule has 8 rings (SSSR count). The molecule has 6 aromatic heterocycles. The molecule has 404 valence electrons. The number of nitrogens with zero attached hydrogens (tertiary/aromatic N) is 10. The molecule has 8 aromatic rings. The van der Waals surface area contributed by atoms with Crippen LogP contribution in [0.15, 0.2) is 61.2 Å². The van der Waals surface area contributed by atoms with Gasteiger partial charge in [0, 0.05) is 80.5 Å². The fourth-order valence-corrected chi connectivity index (χ4v) is 8.69. The number of carboxylic acid groups (broad SMARTS) is 1. The number of fused-ring (bicyclic) bond motifs is 4. The number of nitrogens with one attached hydrogen (secondary N) is 1. The topological polar surface area (TPSA) is 208 Å². The highest BCUT2D eigenvalue weighted by Crippen LogP contribution is 2.31. The SMILES string of the molecule is C[C@@H](N)C(C)(F)F.C[C@@H](NC(=O)c1cn(COCC[Si](C)(C)C)c2ncc(-c3nn(C)c4cc(F)ccc34)nc12)C(C)(F)F.Cn1nc(-c2cnc3c(n2)c(C(=O)O)cn3COCC[Si](C)(C)C)c2ccc(F)cc21. The first kappa shape index (κ1) is 57.7. The lowest BCUT2D eigenvalue weighted by molar-refractivity contribution is -0.0108. The van der Waals surface area contributed by atoms with Gasteiger partial charge in [-0.15, -0.1) is 0 Å². The molecule has 4 N–H and O–H groups in total. The van der Waals surface area contributed by atoms with E-state index >= 15 is 0 Å². The van der Waals surface area contributed by atoms with Gasteiger partial charge >= 0.3 is 5.97 Å². The van der Waals surface area contributed by atoms with Crippen LogP contribution in [-0.4, -0.2) is 119 Å². The first-order valence-electron chi connectivity index (χ1n) is 24.0. The van der Waals surface area contributed by atoms with E-state index in [1.165, 1.54) is 61.4 Å². The Balaban J connectivity index is 0.000000219. The van der Waals surface area contributed by atoms with E-state index in [1.807, 2.05) is 0 Å². The number of hydrogen-bond acceptors (Lipinski definition) is 11. The van der Waals surface area contributed by atoms with Crippen molar-refractivity contribution in [2.75, 3.05) is 13.2 Å². The molecule has 25 heteroatoms. The summed E-state index contributed by atoms with van der Waals surface area (Å²) in [5.41, 5.74) is 9.22. The number of hydrogen-bond donors (Lipinski definition) is 3. The second-order valence-electron chi connectivity index (χ2n) is 21.0. The maximum absolute atomic E-state index is 13.8. The quantitative estimate of drug-likeness (QED) is 0.0442. The first-order chi connectivity index (χ1) is 34.8. The summed E-state index contributed by atoms with van der Waals surface area (Å²) >= 11 is 0. The normalized spacial score (nSPS) is 13.2. The summed E-state index contributed by atoms with van der Waals surface area (Å²) in [7, 11) is 0.891. The third-order valence-electron chi connectivity index (χ3n) is 12.1. The zero-order valence-corrected chi connectivity index (χ0v) is 46.1. The van der Waals surface area contributed by atoms with Gasteiger partial charge in [-0.2, -0.15) is 10.2 Å². The Morgan fingerprint density at radius 1 is 0.707 bits per heavy atom. The number of carbonyl (C=O) groups excluding carboxylic acids is 1. The largest absolute Gasteiger partial charge is 0.478 e. The second-order valence-corrected chi connectivity index (χ2v) is 32.3. The molecule has 0 radical (unpaired) electrons. The van der Waals surface area contributed by atoms with Gasteiger partial charge in [0.25, 0.3) is 17.8 Å². The zero-order chi connectivity index (χ0) is 55.5. The van der Waals surface area contributed by atoms with Crippen molar-refractivity contribution in [1.82, 2.24) is 53.9 Å². The fraction of sp³-hybridized carbons (Fsp3) is 0.440. The number of aromatic nitrogens is 10. The van der Waals surface area contributed by atoms with Gasteiger partial charge in [-0.1, -0.05) is 39.3 Å². The number of rotatable bonds is 17. The number of benzene rings is 2. The highest BCUT2D eigenvalue weighted by molar-refractivity contribution is 6.76.